The minimum Gasteiger partial charge on any atom is -0.343 e. The van der Waals surface area contributed by atoms with Crippen LogP contribution in [-0.2, 0) is 4.79 Å². The summed E-state index contributed by atoms with van der Waals surface area (Å²) in [6.45, 7) is 2.01. The summed E-state index contributed by atoms with van der Waals surface area (Å²) in [5, 5.41) is 8.68. The molecule has 0 bridgehead atoms. The summed E-state index contributed by atoms with van der Waals surface area (Å²) in [5.74, 6) is 0.591. The summed E-state index contributed by atoms with van der Waals surface area (Å²) in [6.07, 6.45) is 3.00. The van der Waals surface area contributed by atoms with Gasteiger partial charge in [-0.3, -0.25) is 9.59 Å². The average Bonchev–Trinajstić information content (AvgIpc) is 3.01. The lowest BCUT2D eigenvalue weighted by molar-refractivity contribution is -0.115. The Morgan fingerprint density at radius 2 is 2.35 bits per heavy atom. The van der Waals surface area contributed by atoms with E-state index in [1.807, 2.05) is 18.4 Å². The van der Waals surface area contributed by atoms with Crippen molar-refractivity contribution in [2.45, 2.75) is 30.7 Å². The molecule has 2 aromatic rings. The van der Waals surface area contributed by atoms with Gasteiger partial charge in [0.25, 0.3) is 5.91 Å². The minimum absolute atomic E-state index is 0.0111. The van der Waals surface area contributed by atoms with Crippen molar-refractivity contribution < 1.29 is 9.59 Å². The zero-order valence-corrected chi connectivity index (χ0v) is 14.3. The van der Waals surface area contributed by atoms with E-state index in [2.05, 4.69) is 15.6 Å². The van der Waals surface area contributed by atoms with Crippen molar-refractivity contribution in [3.05, 3.63) is 40.3 Å². The molecule has 1 aliphatic heterocycles. The number of nitrogens with one attached hydrogen (secondary N) is 2. The minimum atomic E-state index is -0.154. The van der Waals surface area contributed by atoms with Crippen molar-refractivity contribution in [2.24, 2.45) is 0 Å². The smallest absolute Gasteiger partial charge is 0.251 e. The first kappa shape index (κ1) is 16.0. The lowest BCUT2D eigenvalue weighted by atomic mass is 10.1. The highest BCUT2D eigenvalue weighted by atomic mass is 32.2. The molecule has 0 fully saturated rings. The maximum Gasteiger partial charge on any atom is 0.251 e. The molecule has 1 atom stereocenters. The number of rotatable bonds is 4. The zero-order chi connectivity index (χ0) is 16.2. The van der Waals surface area contributed by atoms with E-state index in [9.17, 15) is 9.59 Å². The third kappa shape index (κ3) is 3.73. The Kier molecular flexibility index (Phi) is 4.97. The number of nitrogens with zero attached hydrogens (tertiary/aromatic N) is 1. The summed E-state index contributed by atoms with van der Waals surface area (Å²) in [6, 6.07) is 5.35. The Hall–Kier alpha value is -1.86. The molecule has 0 saturated carbocycles. The number of anilines is 1. The molecule has 0 unspecified atom stereocenters. The summed E-state index contributed by atoms with van der Waals surface area (Å²) < 4.78 is 0. The monoisotopic (exact) mass is 347 g/mol. The van der Waals surface area contributed by atoms with Gasteiger partial charge in [-0.2, -0.15) is 0 Å². The largest absolute Gasteiger partial charge is 0.343 e. The van der Waals surface area contributed by atoms with Crippen LogP contribution in [0.3, 0.4) is 0 Å². The highest BCUT2D eigenvalue weighted by molar-refractivity contribution is 7.99. The summed E-state index contributed by atoms with van der Waals surface area (Å²) in [4.78, 5) is 29.5. The molecule has 2 amide bonds. The molecule has 1 aromatic heterocycles. The van der Waals surface area contributed by atoms with Crippen LogP contribution in [0, 0.1) is 0 Å². The third-order valence-corrected chi connectivity index (χ3v) is 5.53. The number of benzene rings is 1. The van der Waals surface area contributed by atoms with Gasteiger partial charge in [-0.1, -0.05) is 6.92 Å². The van der Waals surface area contributed by atoms with Gasteiger partial charge >= 0.3 is 0 Å². The predicted octanol–water partition coefficient (Wildman–Crippen LogP) is 3.46. The van der Waals surface area contributed by atoms with Gasteiger partial charge in [-0.25, -0.2) is 4.98 Å². The summed E-state index contributed by atoms with van der Waals surface area (Å²) in [7, 11) is 0. The number of amides is 2. The van der Waals surface area contributed by atoms with Crippen LogP contribution in [0.4, 0.5) is 5.69 Å². The number of aromatic nitrogens is 1. The average molecular weight is 347 g/mol. The maximum atomic E-state index is 12.5. The van der Waals surface area contributed by atoms with E-state index in [4.69, 9.17) is 0 Å². The maximum absolute atomic E-state index is 12.5. The molecule has 0 radical (unpaired) electrons. The lowest BCUT2D eigenvalue weighted by Gasteiger charge is -2.15. The third-order valence-electron chi connectivity index (χ3n) is 3.57. The van der Waals surface area contributed by atoms with Crippen LogP contribution < -0.4 is 10.6 Å². The van der Waals surface area contributed by atoms with Crippen molar-refractivity contribution in [1.29, 1.82) is 0 Å². The molecule has 120 valence electrons. The van der Waals surface area contributed by atoms with Crippen LogP contribution in [0.15, 0.2) is 34.7 Å². The van der Waals surface area contributed by atoms with Crippen LogP contribution in [0.5, 0.6) is 0 Å². The molecule has 3 rings (SSSR count). The van der Waals surface area contributed by atoms with Crippen LogP contribution in [0.25, 0.3) is 0 Å². The molecule has 7 heteroatoms. The van der Waals surface area contributed by atoms with Gasteiger partial charge in [0, 0.05) is 34.2 Å². The number of fused-ring (bicyclic) bond motifs is 1. The highest BCUT2D eigenvalue weighted by Gasteiger charge is 2.19. The molecule has 2 N–H and O–H groups in total. The second-order valence-corrected chi connectivity index (χ2v) is 7.23. The first-order chi connectivity index (χ1) is 11.2. The molecule has 1 aromatic carbocycles. The van der Waals surface area contributed by atoms with Crippen LogP contribution >= 0.6 is 23.1 Å². The summed E-state index contributed by atoms with van der Waals surface area (Å²) in [5.41, 5.74) is 1.26. The van der Waals surface area contributed by atoms with E-state index in [-0.39, 0.29) is 17.9 Å². The van der Waals surface area contributed by atoms with Crippen LogP contribution in [-0.4, -0.2) is 22.6 Å². The fourth-order valence-electron chi connectivity index (χ4n) is 2.35. The first-order valence-corrected chi connectivity index (χ1v) is 9.31. The van der Waals surface area contributed by atoms with Crippen molar-refractivity contribution in [1.82, 2.24) is 10.3 Å². The molecule has 1 aliphatic rings. The van der Waals surface area contributed by atoms with E-state index in [0.29, 0.717) is 17.7 Å². The van der Waals surface area contributed by atoms with Gasteiger partial charge in [0.05, 0.1) is 11.7 Å². The van der Waals surface area contributed by atoms with Crippen molar-refractivity contribution >= 4 is 40.6 Å². The van der Waals surface area contributed by atoms with Gasteiger partial charge in [0.1, 0.15) is 5.01 Å². The van der Waals surface area contributed by atoms with Crippen molar-refractivity contribution in [3.63, 3.8) is 0 Å². The van der Waals surface area contributed by atoms with E-state index < -0.39 is 0 Å². The normalized spacial score (nSPS) is 15.3. The quantitative estimate of drug-likeness (QED) is 0.888. The van der Waals surface area contributed by atoms with E-state index in [1.165, 1.54) is 11.3 Å². The topological polar surface area (TPSA) is 71.1 Å². The Morgan fingerprint density at radius 1 is 1.48 bits per heavy atom. The number of thiazole rings is 1. The van der Waals surface area contributed by atoms with Crippen molar-refractivity contribution in [2.75, 3.05) is 11.1 Å². The van der Waals surface area contributed by atoms with Crippen molar-refractivity contribution in [3.8, 4) is 0 Å². The highest BCUT2D eigenvalue weighted by Crippen LogP contribution is 2.31. The number of hydrogen-bond acceptors (Lipinski definition) is 5. The molecule has 0 aliphatic carbocycles. The SMILES string of the molecule is CC[C@@H](NC(=O)c1ccc2c(c1)NC(=O)CCS2)c1nccs1. The standard InChI is InChI=1S/C16H17N3O2S2/c1-2-11(16-17-6-8-23-16)19-15(21)10-3-4-13-12(9-10)18-14(20)5-7-22-13/h3-4,6,8-9,11H,2,5,7H2,1H3,(H,18,20)(H,19,21)/t11-/m1/s1. The Labute approximate surface area is 142 Å². The second kappa shape index (κ2) is 7.14. The Balaban J connectivity index is 1.78. The molecule has 2 heterocycles. The predicted molar refractivity (Wildman–Crippen MR) is 93.0 cm³/mol. The second-order valence-electron chi connectivity index (χ2n) is 5.16. The van der Waals surface area contributed by atoms with Gasteiger partial charge < -0.3 is 10.6 Å². The number of carbonyl (C=O) groups is 2. The Bertz CT molecular complexity index is 716. The number of hydrogen-bond donors (Lipinski definition) is 2. The number of carbonyl (C=O) groups excluding carboxylic acids is 2. The molecule has 23 heavy (non-hydrogen) atoms. The van der Waals surface area contributed by atoms with Gasteiger partial charge in [0.15, 0.2) is 0 Å². The van der Waals surface area contributed by atoms with Gasteiger partial charge in [0.2, 0.25) is 5.91 Å². The molecule has 5 nitrogen and oxygen atoms in total. The van der Waals surface area contributed by atoms with Crippen LogP contribution in [0.2, 0.25) is 0 Å². The fraction of sp³-hybridized carbons (Fsp3) is 0.312. The van der Waals surface area contributed by atoms with E-state index >= 15 is 0 Å². The molecular formula is C16H17N3O2S2. The van der Waals surface area contributed by atoms with E-state index in [1.54, 1.807) is 30.1 Å². The lowest BCUT2D eigenvalue weighted by Crippen LogP contribution is -2.28. The zero-order valence-electron chi connectivity index (χ0n) is 12.7. The Morgan fingerprint density at radius 3 is 3.09 bits per heavy atom. The molecular weight excluding hydrogens is 330 g/mol. The number of thioether (sulfide) groups is 1. The first-order valence-electron chi connectivity index (χ1n) is 7.44. The van der Waals surface area contributed by atoms with E-state index in [0.717, 1.165) is 22.1 Å². The van der Waals surface area contributed by atoms with Gasteiger partial charge in [-0.15, -0.1) is 23.1 Å². The fourth-order valence-corrected chi connectivity index (χ4v) is 4.06. The molecule has 0 saturated heterocycles. The van der Waals surface area contributed by atoms with Gasteiger partial charge in [-0.05, 0) is 24.6 Å². The van der Waals surface area contributed by atoms with Crippen LogP contribution in [0.1, 0.15) is 41.2 Å². The summed E-state index contributed by atoms with van der Waals surface area (Å²) >= 11 is 3.16. The molecule has 0 spiro atoms.